The molecule has 1 rings (SSSR count). The van der Waals surface area contributed by atoms with Crippen LogP contribution in [-0.4, -0.2) is 41.8 Å². The van der Waals surface area contributed by atoms with E-state index < -0.39 is 0 Å². The van der Waals surface area contributed by atoms with Crippen LogP contribution in [0.3, 0.4) is 0 Å². The molecule has 2 amide bonds. The quantitative estimate of drug-likeness (QED) is 0.635. The van der Waals surface area contributed by atoms with Crippen molar-refractivity contribution >= 4 is 6.03 Å². The van der Waals surface area contributed by atoms with Crippen LogP contribution in [0.2, 0.25) is 0 Å². The van der Waals surface area contributed by atoms with Crippen LogP contribution >= 0.6 is 0 Å². The van der Waals surface area contributed by atoms with Gasteiger partial charge in [0.2, 0.25) is 0 Å². The molecule has 1 atom stereocenters. The molecule has 12 heavy (non-hydrogen) atoms. The Kier molecular flexibility index (Phi) is 3.34. The summed E-state index contributed by atoms with van der Waals surface area (Å²) in [7, 11) is 0. The molecule has 70 valence electrons. The van der Waals surface area contributed by atoms with Gasteiger partial charge in [0.1, 0.15) is 0 Å². The molecule has 1 fully saturated rings. The fourth-order valence-corrected chi connectivity index (χ4v) is 1.45. The predicted octanol–water partition coefficient (Wildman–Crippen LogP) is 0.173. The summed E-state index contributed by atoms with van der Waals surface area (Å²) in [6.07, 6.45) is 1.65. The number of nitrogens with one attached hydrogen (secondary N) is 1. The number of hydrogen-bond acceptors (Lipinski definition) is 2. The van der Waals surface area contributed by atoms with Gasteiger partial charge in [0.15, 0.2) is 0 Å². The van der Waals surface area contributed by atoms with Gasteiger partial charge in [-0.15, -0.1) is 0 Å². The second-order valence-electron chi connectivity index (χ2n) is 3.14. The summed E-state index contributed by atoms with van der Waals surface area (Å²) in [6, 6.07) is 0.278. The number of rotatable bonds is 4. The van der Waals surface area contributed by atoms with Crippen LogP contribution in [0.5, 0.6) is 0 Å². The van der Waals surface area contributed by atoms with Crippen molar-refractivity contribution in [1.29, 1.82) is 0 Å². The van der Waals surface area contributed by atoms with Gasteiger partial charge in [-0.25, -0.2) is 4.79 Å². The average molecular weight is 172 g/mol. The molecule has 1 aliphatic rings. The molecule has 1 heterocycles. The molecular formula is C8H16N2O2. The average Bonchev–Trinajstić information content (AvgIpc) is 2.47. The van der Waals surface area contributed by atoms with Crippen LogP contribution in [0.4, 0.5) is 4.79 Å². The monoisotopic (exact) mass is 172 g/mol. The molecule has 0 spiro atoms. The van der Waals surface area contributed by atoms with E-state index in [4.69, 9.17) is 5.11 Å². The van der Waals surface area contributed by atoms with Crippen molar-refractivity contribution in [3.8, 4) is 0 Å². The van der Waals surface area contributed by atoms with E-state index in [2.05, 4.69) is 5.32 Å². The second kappa shape index (κ2) is 4.30. The third-order valence-electron chi connectivity index (χ3n) is 2.20. The predicted molar refractivity (Wildman–Crippen MR) is 45.9 cm³/mol. The van der Waals surface area contributed by atoms with Crippen molar-refractivity contribution in [3.05, 3.63) is 0 Å². The Balaban J connectivity index is 2.30. The first-order valence-electron chi connectivity index (χ1n) is 4.41. The normalized spacial score (nSPS) is 19.5. The first kappa shape index (κ1) is 9.32. The highest BCUT2D eigenvalue weighted by atomic mass is 16.3. The van der Waals surface area contributed by atoms with Gasteiger partial charge < -0.3 is 15.3 Å². The van der Waals surface area contributed by atoms with E-state index in [0.29, 0.717) is 0 Å². The van der Waals surface area contributed by atoms with Gasteiger partial charge in [0.05, 0.1) is 0 Å². The van der Waals surface area contributed by atoms with Crippen LogP contribution in [0.25, 0.3) is 0 Å². The highest BCUT2D eigenvalue weighted by Crippen LogP contribution is 2.08. The number of carbonyl (C=O) groups excluding carboxylic acids is 1. The van der Waals surface area contributed by atoms with Crippen LogP contribution in [0.1, 0.15) is 19.8 Å². The minimum Gasteiger partial charge on any atom is -0.396 e. The molecule has 0 bridgehead atoms. The smallest absolute Gasteiger partial charge is 0.317 e. The second-order valence-corrected chi connectivity index (χ2v) is 3.14. The van der Waals surface area contributed by atoms with Gasteiger partial charge in [-0.2, -0.15) is 0 Å². The third-order valence-corrected chi connectivity index (χ3v) is 2.20. The van der Waals surface area contributed by atoms with E-state index in [-0.39, 0.29) is 18.7 Å². The molecule has 4 nitrogen and oxygen atoms in total. The number of carbonyl (C=O) groups is 1. The van der Waals surface area contributed by atoms with Gasteiger partial charge in [0.25, 0.3) is 0 Å². The number of aliphatic hydroxyl groups is 1. The Morgan fingerprint density at radius 1 is 1.75 bits per heavy atom. The summed E-state index contributed by atoms with van der Waals surface area (Å²) in [5.74, 6) is 0. The SMILES string of the molecule is CC(CCCO)N1CCNC1=O. The minimum atomic E-state index is 0.0282. The first-order chi connectivity index (χ1) is 5.75. The lowest BCUT2D eigenvalue weighted by Crippen LogP contribution is -2.36. The highest BCUT2D eigenvalue weighted by molar-refractivity contribution is 5.76. The zero-order valence-electron chi connectivity index (χ0n) is 7.42. The first-order valence-corrected chi connectivity index (χ1v) is 4.41. The van der Waals surface area contributed by atoms with Gasteiger partial charge in [-0.1, -0.05) is 0 Å². The maximum Gasteiger partial charge on any atom is 0.317 e. The molecule has 0 radical (unpaired) electrons. The lowest BCUT2D eigenvalue weighted by atomic mass is 10.1. The third kappa shape index (κ3) is 2.11. The van der Waals surface area contributed by atoms with Crippen LogP contribution in [0.15, 0.2) is 0 Å². The zero-order chi connectivity index (χ0) is 8.97. The van der Waals surface area contributed by atoms with Crippen LogP contribution in [-0.2, 0) is 0 Å². The molecule has 4 heteroatoms. The Morgan fingerprint density at radius 3 is 3.00 bits per heavy atom. The Morgan fingerprint density at radius 2 is 2.50 bits per heavy atom. The zero-order valence-corrected chi connectivity index (χ0v) is 7.42. The number of urea groups is 1. The van der Waals surface area contributed by atoms with Gasteiger partial charge in [-0.3, -0.25) is 0 Å². The molecule has 0 aromatic carbocycles. The topological polar surface area (TPSA) is 52.6 Å². The molecule has 1 saturated heterocycles. The van der Waals surface area contributed by atoms with Crippen molar-refractivity contribution < 1.29 is 9.90 Å². The number of nitrogens with zero attached hydrogens (tertiary/aromatic N) is 1. The van der Waals surface area contributed by atoms with Crippen molar-refractivity contribution in [2.45, 2.75) is 25.8 Å². The number of aliphatic hydroxyl groups excluding tert-OH is 1. The van der Waals surface area contributed by atoms with E-state index in [1.807, 2.05) is 11.8 Å². The highest BCUT2D eigenvalue weighted by Gasteiger charge is 2.23. The molecule has 1 unspecified atom stereocenters. The Bertz CT molecular complexity index is 161. The van der Waals surface area contributed by atoms with Gasteiger partial charge in [-0.05, 0) is 19.8 Å². The van der Waals surface area contributed by atoms with Crippen LogP contribution in [0, 0.1) is 0 Å². The molecule has 0 aliphatic carbocycles. The van der Waals surface area contributed by atoms with Crippen molar-refractivity contribution in [3.63, 3.8) is 0 Å². The molecular weight excluding hydrogens is 156 g/mol. The summed E-state index contributed by atoms with van der Waals surface area (Å²) < 4.78 is 0. The molecule has 2 N–H and O–H groups in total. The van der Waals surface area contributed by atoms with E-state index in [1.54, 1.807) is 0 Å². The van der Waals surface area contributed by atoms with Gasteiger partial charge >= 0.3 is 6.03 Å². The Labute approximate surface area is 72.6 Å². The van der Waals surface area contributed by atoms with E-state index >= 15 is 0 Å². The molecule has 1 aliphatic heterocycles. The number of hydrogen-bond donors (Lipinski definition) is 2. The molecule has 0 saturated carbocycles. The maximum absolute atomic E-state index is 11.1. The summed E-state index contributed by atoms with van der Waals surface area (Å²) in [5.41, 5.74) is 0. The van der Waals surface area contributed by atoms with Crippen molar-refractivity contribution in [2.24, 2.45) is 0 Å². The van der Waals surface area contributed by atoms with Gasteiger partial charge in [0, 0.05) is 25.7 Å². The summed E-state index contributed by atoms with van der Waals surface area (Å²) in [6.45, 7) is 3.77. The van der Waals surface area contributed by atoms with E-state index in [1.165, 1.54) is 0 Å². The van der Waals surface area contributed by atoms with E-state index in [9.17, 15) is 4.79 Å². The summed E-state index contributed by atoms with van der Waals surface area (Å²) >= 11 is 0. The molecule has 0 aromatic rings. The lowest BCUT2D eigenvalue weighted by molar-refractivity contribution is 0.192. The van der Waals surface area contributed by atoms with Crippen molar-refractivity contribution in [1.82, 2.24) is 10.2 Å². The standard InChI is InChI=1S/C8H16N2O2/c1-7(3-2-6-11)10-5-4-9-8(10)12/h7,11H,2-6H2,1H3,(H,9,12). The Hall–Kier alpha value is -0.770. The largest absolute Gasteiger partial charge is 0.396 e. The fourth-order valence-electron chi connectivity index (χ4n) is 1.45. The fraction of sp³-hybridized carbons (Fsp3) is 0.875. The summed E-state index contributed by atoms with van der Waals surface area (Å²) in [4.78, 5) is 12.9. The molecule has 0 aromatic heterocycles. The minimum absolute atomic E-state index is 0.0282. The van der Waals surface area contributed by atoms with E-state index in [0.717, 1.165) is 25.9 Å². The van der Waals surface area contributed by atoms with Crippen LogP contribution < -0.4 is 5.32 Å². The van der Waals surface area contributed by atoms with Crippen molar-refractivity contribution in [2.75, 3.05) is 19.7 Å². The number of amides is 2. The summed E-state index contributed by atoms with van der Waals surface area (Å²) in [5, 5.41) is 11.4. The maximum atomic E-state index is 11.1. The lowest BCUT2D eigenvalue weighted by Gasteiger charge is -2.22.